The van der Waals surface area contributed by atoms with Gasteiger partial charge in [0, 0.05) is 44.8 Å². The van der Waals surface area contributed by atoms with Crippen molar-refractivity contribution >= 4 is 26.0 Å². The van der Waals surface area contributed by atoms with Crippen molar-refractivity contribution in [1.29, 1.82) is 0 Å². The highest BCUT2D eigenvalue weighted by atomic mass is 32.2. The number of sulfonamides is 2. The Morgan fingerprint density at radius 1 is 0.909 bits per heavy atom. The molecule has 2 aromatic rings. The Balaban J connectivity index is 1.47. The van der Waals surface area contributed by atoms with Gasteiger partial charge in [-0.1, -0.05) is 11.2 Å². The van der Waals surface area contributed by atoms with E-state index < -0.39 is 20.0 Å². The third-order valence-corrected chi connectivity index (χ3v) is 9.82. The maximum atomic E-state index is 13.1. The minimum atomic E-state index is -3.79. The molecule has 2 fully saturated rings. The Hall–Kier alpha value is -2.32. The lowest BCUT2D eigenvalue weighted by atomic mass is 10.2. The highest BCUT2D eigenvalue weighted by molar-refractivity contribution is 7.89. The van der Waals surface area contributed by atoms with Gasteiger partial charge >= 0.3 is 0 Å². The second kappa shape index (κ2) is 9.14. The molecule has 1 amide bonds. The summed E-state index contributed by atoms with van der Waals surface area (Å²) in [4.78, 5) is 14.7. The van der Waals surface area contributed by atoms with Crippen LogP contribution >= 0.6 is 0 Å². The molecule has 0 N–H and O–H groups in total. The van der Waals surface area contributed by atoms with Crippen LogP contribution in [0.1, 0.15) is 21.8 Å². The van der Waals surface area contributed by atoms with Gasteiger partial charge in [0.15, 0.2) is 5.76 Å². The third kappa shape index (κ3) is 4.55. The molecule has 0 spiro atoms. The summed E-state index contributed by atoms with van der Waals surface area (Å²) in [5.74, 6) is -0.118. The van der Waals surface area contributed by atoms with Gasteiger partial charge in [0.05, 0.1) is 18.1 Å². The molecule has 0 unspecified atom stereocenters. The summed E-state index contributed by atoms with van der Waals surface area (Å²) in [6.45, 7) is 4.91. The predicted octanol–water partition coefficient (Wildman–Crippen LogP) is 0.459. The molecule has 2 aliphatic rings. The van der Waals surface area contributed by atoms with E-state index >= 15 is 0 Å². The molecular weight excluding hydrogens is 472 g/mol. The van der Waals surface area contributed by atoms with Crippen molar-refractivity contribution in [3.63, 3.8) is 0 Å². The molecule has 2 saturated heterocycles. The van der Waals surface area contributed by atoms with E-state index in [1.54, 1.807) is 26.0 Å². The molecule has 4 rings (SSSR count). The fourth-order valence-corrected chi connectivity index (χ4v) is 7.18. The van der Waals surface area contributed by atoms with Crippen LogP contribution in [0.5, 0.6) is 0 Å². The molecule has 3 heterocycles. The number of amides is 1. The topological polar surface area (TPSA) is 130 Å². The molecule has 0 radical (unpaired) electrons. The number of hydrogen-bond donors (Lipinski definition) is 0. The average Bonchev–Trinajstić information content (AvgIpc) is 3.18. The Morgan fingerprint density at radius 2 is 1.55 bits per heavy atom. The van der Waals surface area contributed by atoms with E-state index in [-0.39, 0.29) is 66.3 Å². The molecule has 11 nitrogen and oxygen atoms in total. The van der Waals surface area contributed by atoms with Gasteiger partial charge in [0.1, 0.15) is 10.6 Å². The molecule has 0 saturated carbocycles. The summed E-state index contributed by atoms with van der Waals surface area (Å²) < 4.78 is 64.7. The lowest BCUT2D eigenvalue weighted by molar-refractivity contribution is 0.0697. The SMILES string of the molecule is Cc1noc(C)c1S(=O)(=O)N1CCN(C(=O)c2cccc(S(=O)(=O)N3CCOCC3)c2)CC1. The number of aryl methyl sites for hydroxylation is 2. The summed E-state index contributed by atoms with van der Waals surface area (Å²) in [6.07, 6.45) is 0. The Morgan fingerprint density at radius 3 is 2.15 bits per heavy atom. The maximum Gasteiger partial charge on any atom is 0.253 e. The van der Waals surface area contributed by atoms with Gasteiger partial charge in [-0.05, 0) is 32.0 Å². The van der Waals surface area contributed by atoms with Gasteiger partial charge in [-0.2, -0.15) is 8.61 Å². The van der Waals surface area contributed by atoms with Crippen molar-refractivity contribution in [2.75, 3.05) is 52.5 Å². The summed E-state index contributed by atoms with van der Waals surface area (Å²) in [6, 6.07) is 5.95. The zero-order valence-corrected chi connectivity index (χ0v) is 20.1. The van der Waals surface area contributed by atoms with Gasteiger partial charge in [0.2, 0.25) is 20.0 Å². The van der Waals surface area contributed by atoms with Crippen molar-refractivity contribution in [2.24, 2.45) is 0 Å². The number of rotatable bonds is 5. The summed E-state index contributed by atoms with van der Waals surface area (Å²) >= 11 is 0. The molecule has 0 aliphatic carbocycles. The highest BCUT2D eigenvalue weighted by Crippen LogP contribution is 2.25. The first-order valence-corrected chi connectivity index (χ1v) is 13.4. The van der Waals surface area contributed by atoms with E-state index in [1.165, 1.54) is 25.6 Å². The molecule has 0 bridgehead atoms. The smallest absolute Gasteiger partial charge is 0.253 e. The maximum absolute atomic E-state index is 13.1. The van der Waals surface area contributed by atoms with E-state index in [9.17, 15) is 21.6 Å². The van der Waals surface area contributed by atoms with E-state index in [4.69, 9.17) is 9.26 Å². The van der Waals surface area contributed by atoms with E-state index in [0.717, 1.165) is 0 Å². The van der Waals surface area contributed by atoms with Crippen LogP contribution in [0, 0.1) is 13.8 Å². The summed E-state index contributed by atoms with van der Waals surface area (Å²) in [7, 11) is -7.52. The highest BCUT2D eigenvalue weighted by Gasteiger charge is 2.35. The Kier molecular flexibility index (Phi) is 6.60. The van der Waals surface area contributed by atoms with E-state index in [0.29, 0.717) is 18.9 Å². The van der Waals surface area contributed by atoms with Crippen molar-refractivity contribution in [2.45, 2.75) is 23.6 Å². The molecule has 1 aromatic carbocycles. The number of ether oxygens (including phenoxy) is 1. The first-order chi connectivity index (χ1) is 15.6. The fraction of sp³-hybridized carbons (Fsp3) is 0.500. The number of piperazine rings is 1. The fourth-order valence-electron chi connectivity index (χ4n) is 4.01. The monoisotopic (exact) mass is 498 g/mol. The zero-order valence-electron chi connectivity index (χ0n) is 18.4. The zero-order chi connectivity index (χ0) is 23.8. The lowest BCUT2D eigenvalue weighted by Gasteiger charge is -2.34. The van der Waals surface area contributed by atoms with Gasteiger partial charge in [0.25, 0.3) is 5.91 Å². The van der Waals surface area contributed by atoms with Crippen LogP contribution in [0.3, 0.4) is 0 Å². The minimum absolute atomic E-state index is 0.0508. The van der Waals surface area contributed by atoms with Crippen LogP contribution in [-0.2, 0) is 24.8 Å². The van der Waals surface area contributed by atoms with Crippen LogP contribution in [-0.4, -0.2) is 93.9 Å². The van der Waals surface area contributed by atoms with Crippen molar-refractivity contribution < 1.29 is 30.9 Å². The molecular formula is C20H26N4O7S2. The number of aromatic nitrogens is 1. The quantitative estimate of drug-likeness (QED) is 0.581. The number of carbonyl (C=O) groups excluding carboxylic acids is 1. The first kappa shape index (κ1) is 23.8. The van der Waals surface area contributed by atoms with Crippen molar-refractivity contribution in [3.05, 3.63) is 41.3 Å². The van der Waals surface area contributed by atoms with Gasteiger partial charge < -0.3 is 14.2 Å². The molecule has 33 heavy (non-hydrogen) atoms. The van der Waals surface area contributed by atoms with Crippen LogP contribution in [0.25, 0.3) is 0 Å². The Labute approximate surface area is 193 Å². The van der Waals surface area contributed by atoms with Crippen molar-refractivity contribution in [1.82, 2.24) is 18.7 Å². The second-order valence-corrected chi connectivity index (χ2v) is 11.7. The third-order valence-electron chi connectivity index (χ3n) is 5.78. The lowest BCUT2D eigenvalue weighted by Crippen LogP contribution is -2.50. The molecule has 180 valence electrons. The predicted molar refractivity (Wildman–Crippen MR) is 117 cm³/mol. The molecule has 13 heteroatoms. The summed E-state index contributed by atoms with van der Waals surface area (Å²) in [5, 5.41) is 3.72. The normalized spacial score (nSPS) is 19.0. The average molecular weight is 499 g/mol. The van der Waals surface area contributed by atoms with Crippen LogP contribution < -0.4 is 0 Å². The molecule has 0 atom stereocenters. The summed E-state index contributed by atoms with van der Waals surface area (Å²) in [5.41, 5.74) is 0.538. The number of morpholine rings is 1. The van der Waals surface area contributed by atoms with Crippen LogP contribution in [0.2, 0.25) is 0 Å². The second-order valence-electron chi connectivity index (χ2n) is 7.89. The van der Waals surface area contributed by atoms with Gasteiger partial charge in [-0.3, -0.25) is 4.79 Å². The number of carbonyl (C=O) groups is 1. The Bertz CT molecular complexity index is 1220. The van der Waals surface area contributed by atoms with Gasteiger partial charge in [-0.15, -0.1) is 0 Å². The standard InChI is InChI=1S/C20H26N4O7S2/c1-15-19(16(2)31-21-15)33(28,29)23-8-6-22(7-9-23)20(25)17-4-3-5-18(14-17)32(26,27)24-10-12-30-13-11-24/h3-5,14H,6-13H2,1-2H3. The van der Waals surface area contributed by atoms with Crippen molar-refractivity contribution in [3.8, 4) is 0 Å². The number of benzene rings is 1. The van der Waals surface area contributed by atoms with E-state index in [1.807, 2.05) is 0 Å². The van der Waals surface area contributed by atoms with Crippen LogP contribution in [0.4, 0.5) is 0 Å². The first-order valence-electron chi connectivity index (χ1n) is 10.5. The molecule has 2 aliphatic heterocycles. The molecule has 1 aromatic heterocycles. The number of nitrogens with zero attached hydrogens (tertiary/aromatic N) is 4. The number of hydrogen-bond acceptors (Lipinski definition) is 8. The minimum Gasteiger partial charge on any atom is -0.379 e. The largest absolute Gasteiger partial charge is 0.379 e. The van der Waals surface area contributed by atoms with E-state index in [2.05, 4.69) is 5.16 Å². The van der Waals surface area contributed by atoms with Gasteiger partial charge in [-0.25, -0.2) is 16.8 Å². The van der Waals surface area contributed by atoms with Crippen LogP contribution in [0.15, 0.2) is 38.6 Å².